The molecule has 0 bridgehead atoms. The van der Waals surface area contributed by atoms with E-state index in [0.29, 0.717) is 31.1 Å². The highest BCUT2D eigenvalue weighted by molar-refractivity contribution is 5.84. The van der Waals surface area contributed by atoms with Crippen LogP contribution >= 0.6 is 0 Å². The molecule has 0 aliphatic heterocycles. The normalized spacial score (nSPS) is 10.0. The maximum Gasteiger partial charge on any atom is 0.239 e. The minimum atomic E-state index is -0.241. The Morgan fingerprint density at radius 3 is 2.48 bits per heavy atom. The Morgan fingerprint density at radius 2 is 1.83 bits per heavy atom. The second kappa shape index (κ2) is 10.4. The summed E-state index contributed by atoms with van der Waals surface area (Å²) < 4.78 is 15.3. The van der Waals surface area contributed by atoms with Gasteiger partial charge in [-0.2, -0.15) is 0 Å². The zero-order chi connectivity index (χ0) is 17.1. The summed E-state index contributed by atoms with van der Waals surface area (Å²) in [6.45, 7) is 0.819. The van der Waals surface area contributed by atoms with Crippen molar-refractivity contribution in [2.45, 2.75) is 12.8 Å². The van der Waals surface area contributed by atoms with E-state index in [-0.39, 0.29) is 24.8 Å². The number of amides is 2. The van der Waals surface area contributed by atoms with Gasteiger partial charge in [0, 0.05) is 20.1 Å². The Kier molecular flexibility index (Phi) is 8.52. The molecule has 0 spiro atoms. The number of carbonyl (C=O) groups is 2. The number of nitrogens with one attached hydrogen (secondary N) is 2. The molecule has 1 aromatic carbocycles. The molecule has 2 amide bonds. The van der Waals surface area contributed by atoms with E-state index in [1.54, 1.807) is 33.5 Å². The predicted octanol–water partition coefficient (Wildman–Crippen LogP) is 0.515. The maximum atomic E-state index is 11.8. The van der Waals surface area contributed by atoms with Crippen molar-refractivity contribution in [3.63, 3.8) is 0 Å². The van der Waals surface area contributed by atoms with Crippen molar-refractivity contribution >= 4 is 11.8 Å². The van der Waals surface area contributed by atoms with E-state index in [0.717, 1.165) is 5.56 Å². The Hall–Kier alpha value is -2.28. The zero-order valence-corrected chi connectivity index (χ0v) is 13.8. The van der Waals surface area contributed by atoms with Crippen molar-refractivity contribution in [1.29, 1.82) is 0 Å². The van der Waals surface area contributed by atoms with Crippen molar-refractivity contribution in [2.75, 3.05) is 41.0 Å². The highest BCUT2D eigenvalue weighted by Crippen LogP contribution is 2.24. The molecule has 0 saturated carbocycles. The largest absolute Gasteiger partial charge is 0.497 e. The van der Waals surface area contributed by atoms with Crippen LogP contribution in [0.1, 0.15) is 12.0 Å². The molecule has 0 aliphatic rings. The zero-order valence-electron chi connectivity index (χ0n) is 13.8. The van der Waals surface area contributed by atoms with Gasteiger partial charge in [-0.3, -0.25) is 9.59 Å². The van der Waals surface area contributed by atoms with Crippen molar-refractivity contribution in [3.8, 4) is 11.5 Å². The van der Waals surface area contributed by atoms with Gasteiger partial charge in [0.15, 0.2) is 0 Å². The molecular weight excluding hydrogens is 300 g/mol. The van der Waals surface area contributed by atoms with Crippen LogP contribution in [-0.2, 0) is 20.7 Å². The predicted molar refractivity (Wildman–Crippen MR) is 85.8 cm³/mol. The summed E-state index contributed by atoms with van der Waals surface area (Å²) in [5.74, 6) is 0.973. The SMILES string of the molecule is COCCNC(=O)CNC(=O)CCc1cc(OC)ccc1OC. The number of aryl methyl sites for hydroxylation is 1. The number of hydrogen-bond acceptors (Lipinski definition) is 5. The molecule has 128 valence electrons. The molecule has 23 heavy (non-hydrogen) atoms. The highest BCUT2D eigenvalue weighted by atomic mass is 16.5. The minimum Gasteiger partial charge on any atom is -0.497 e. The molecule has 1 aromatic rings. The first-order chi connectivity index (χ1) is 11.1. The van der Waals surface area contributed by atoms with Crippen molar-refractivity contribution < 1.29 is 23.8 Å². The molecule has 0 unspecified atom stereocenters. The van der Waals surface area contributed by atoms with Gasteiger partial charge in [0.25, 0.3) is 0 Å². The monoisotopic (exact) mass is 324 g/mol. The lowest BCUT2D eigenvalue weighted by molar-refractivity contribution is -0.126. The molecule has 0 radical (unpaired) electrons. The molecule has 1 rings (SSSR count). The fourth-order valence-electron chi connectivity index (χ4n) is 1.95. The fourth-order valence-corrected chi connectivity index (χ4v) is 1.95. The third-order valence-electron chi connectivity index (χ3n) is 3.18. The number of hydrogen-bond donors (Lipinski definition) is 2. The summed E-state index contributed by atoms with van der Waals surface area (Å²) in [6, 6.07) is 5.44. The van der Waals surface area contributed by atoms with Crippen LogP contribution in [0.4, 0.5) is 0 Å². The number of rotatable bonds is 10. The van der Waals surface area contributed by atoms with E-state index >= 15 is 0 Å². The molecule has 7 heteroatoms. The van der Waals surface area contributed by atoms with Gasteiger partial charge in [-0.15, -0.1) is 0 Å². The Labute approximate surface area is 136 Å². The number of ether oxygens (including phenoxy) is 3. The smallest absolute Gasteiger partial charge is 0.239 e. The second-order valence-electron chi connectivity index (χ2n) is 4.80. The van der Waals surface area contributed by atoms with E-state index in [1.807, 2.05) is 6.07 Å². The first-order valence-electron chi connectivity index (χ1n) is 7.34. The summed E-state index contributed by atoms with van der Waals surface area (Å²) in [6.07, 6.45) is 0.756. The average Bonchev–Trinajstić information content (AvgIpc) is 2.58. The van der Waals surface area contributed by atoms with Gasteiger partial charge in [0.2, 0.25) is 11.8 Å². The van der Waals surface area contributed by atoms with Crippen molar-refractivity contribution in [2.24, 2.45) is 0 Å². The van der Waals surface area contributed by atoms with Gasteiger partial charge in [-0.25, -0.2) is 0 Å². The van der Waals surface area contributed by atoms with Crippen LogP contribution in [0.15, 0.2) is 18.2 Å². The summed E-state index contributed by atoms with van der Waals surface area (Å²) >= 11 is 0. The van der Waals surface area contributed by atoms with Crippen LogP contribution < -0.4 is 20.1 Å². The quantitative estimate of drug-likeness (QED) is 0.613. The summed E-state index contributed by atoms with van der Waals surface area (Å²) in [5.41, 5.74) is 0.881. The van der Waals surface area contributed by atoms with Crippen LogP contribution in [0.2, 0.25) is 0 Å². The molecule has 0 fully saturated rings. The number of carbonyl (C=O) groups excluding carboxylic acids is 2. The summed E-state index contributed by atoms with van der Waals surface area (Å²) in [4.78, 5) is 23.3. The molecule has 0 aromatic heterocycles. The molecular formula is C16H24N2O5. The van der Waals surface area contributed by atoms with Crippen LogP contribution in [-0.4, -0.2) is 52.8 Å². The Morgan fingerprint density at radius 1 is 1.04 bits per heavy atom. The van der Waals surface area contributed by atoms with E-state index in [9.17, 15) is 9.59 Å². The third kappa shape index (κ3) is 7.01. The number of methoxy groups -OCH3 is 3. The fraction of sp³-hybridized carbons (Fsp3) is 0.500. The van der Waals surface area contributed by atoms with E-state index in [1.165, 1.54) is 0 Å². The van der Waals surface area contributed by atoms with Crippen LogP contribution in [0.3, 0.4) is 0 Å². The van der Waals surface area contributed by atoms with Gasteiger partial charge < -0.3 is 24.8 Å². The first kappa shape index (κ1) is 18.8. The molecule has 2 N–H and O–H groups in total. The van der Waals surface area contributed by atoms with E-state index < -0.39 is 0 Å². The van der Waals surface area contributed by atoms with Gasteiger partial charge in [0.1, 0.15) is 11.5 Å². The Bertz CT molecular complexity index is 519. The second-order valence-corrected chi connectivity index (χ2v) is 4.80. The van der Waals surface area contributed by atoms with Gasteiger partial charge in [0.05, 0.1) is 27.4 Å². The van der Waals surface area contributed by atoms with Gasteiger partial charge in [-0.1, -0.05) is 0 Å². The standard InChI is InChI=1S/C16H24N2O5/c1-21-9-8-17-16(20)11-18-15(19)7-4-12-10-13(22-2)5-6-14(12)23-3/h5-6,10H,4,7-9,11H2,1-3H3,(H,17,20)(H,18,19). The summed E-state index contributed by atoms with van der Waals surface area (Å²) in [7, 11) is 4.72. The highest BCUT2D eigenvalue weighted by Gasteiger charge is 2.09. The molecule has 0 atom stereocenters. The Balaban J connectivity index is 2.39. The molecule has 0 heterocycles. The first-order valence-corrected chi connectivity index (χ1v) is 7.34. The topological polar surface area (TPSA) is 85.9 Å². The third-order valence-corrected chi connectivity index (χ3v) is 3.18. The minimum absolute atomic E-state index is 0.0439. The van der Waals surface area contributed by atoms with Crippen molar-refractivity contribution in [3.05, 3.63) is 23.8 Å². The lowest BCUT2D eigenvalue weighted by Gasteiger charge is -2.10. The van der Waals surface area contributed by atoms with Crippen LogP contribution in [0.25, 0.3) is 0 Å². The van der Waals surface area contributed by atoms with Crippen molar-refractivity contribution in [1.82, 2.24) is 10.6 Å². The number of benzene rings is 1. The van der Waals surface area contributed by atoms with Gasteiger partial charge in [-0.05, 0) is 30.2 Å². The van der Waals surface area contributed by atoms with Gasteiger partial charge >= 0.3 is 0 Å². The van der Waals surface area contributed by atoms with Crippen LogP contribution in [0.5, 0.6) is 11.5 Å². The summed E-state index contributed by atoms with van der Waals surface area (Å²) in [5, 5.41) is 5.21. The molecule has 0 aliphatic carbocycles. The molecule has 7 nitrogen and oxygen atoms in total. The van der Waals surface area contributed by atoms with E-state index in [2.05, 4.69) is 10.6 Å². The lowest BCUT2D eigenvalue weighted by Crippen LogP contribution is -2.38. The van der Waals surface area contributed by atoms with E-state index in [4.69, 9.17) is 14.2 Å². The average molecular weight is 324 g/mol. The maximum absolute atomic E-state index is 11.8. The van der Waals surface area contributed by atoms with Crippen LogP contribution in [0, 0.1) is 0 Å². The lowest BCUT2D eigenvalue weighted by atomic mass is 10.1. The molecule has 0 saturated heterocycles.